The Morgan fingerprint density at radius 3 is 2.24 bits per heavy atom. The molecule has 0 heteroatoms. The van der Waals surface area contributed by atoms with Crippen molar-refractivity contribution in [2.24, 2.45) is 41.4 Å². The molecular weight excluding hydrogens is 252 g/mol. The van der Waals surface area contributed by atoms with Crippen molar-refractivity contribution in [3.8, 4) is 0 Å². The van der Waals surface area contributed by atoms with Crippen molar-refractivity contribution >= 4 is 0 Å². The maximum absolute atomic E-state index is 2.57. The second kappa shape index (κ2) is 8.02. The molecule has 2 rings (SSSR count). The average Bonchev–Trinajstić information content (AvgIpc) is 2.84. The van der Waals surface area contributed by atoms with Crippen LogP contribution in [0.5, 0.6) is 0 Å². The van der Waals surface area contributed by atoms with Gasteiger partial charge in [-0.3, -0.25) is 0 Å². The van der Waals surface area contributed by atoms with Crippen LogP contribution < -0.4 is 0 Å². The minimum atomic E-state index is 0.930. The van der Waals surface area contributed by atoms with Crippen molar-refractivity contribution in [1.29, 1.82) is 0 Å². The van der Waals surface area contributed by atoms with E-state index in [0.717, 1.165) is 41.4 Å². The van der Waals surface area contributed by atoms with Crippen molar-refractivity contribution in [3.63, 3.8) is 0 Å². The van der Waals surface area contributed by atoms with E-state index in [1.54, 1.807) is 0 Å². The summed E-state index contributed by atoms with van der Waals surface area (Å²) in [4.78, 5) is 0. The summed E-state index contributed by atoms with van der Waals surface area (Å²) in [6.45, 7) is 12.6. The van der Waals surface area contributed by atoms with Crippen LogP contribution in [-0.2, 0) is 0 Å². The highest BCUT2D eigenvalue weighted by Crippen LogP contribution is 2.41. The van der Waals surface area contributed by atoms with Crippen LogP contribution in [-0.4, -0.2) is 0 Å². The maximum Gasteiger partial charge on any atom is -0.0360 e. The predicted molar refractivity (Wildman–Crippen MR) is 94.4 cm³/mol. The van der Waals surface area contributed by atoms with E-state index in [0.29, 0.717) is 0 Å². The van der Waals surface area contributed by atoms with Crippen LogP contribution >= 0.6 is 0 Å². The molecule has 0 bridgehead atoms. The van der Waals surface area contributed by atoms with Gasteiger partial charge in [-0.05, 0) is 60.7 Å². The van der Waals surface area contributed by atoms with Gasteiger partial charge in [0.15, 0.2) is 0 Å². The van der Waals surface area contributed by atoms with E-state index in [-0.39, 0.29) is 0 Å². The van der Waals surface area contributed by atoms with Gasteiger partial charge in [-0.25, -0.2) is 0 Å². The Morgan fingerprint density at radius 2 is 1.57 bits per heavy atom. The predicted octanol–water partition coefficient (Wildman–Crippen LogP) is 6.94. The average molecular weight is 293 g/mol. The minimum Gasteiger partial charge on any atom is -0.0625 e. The minimum absolute atomic E-state index is 0.930. The molecule has 2 saturated carbocycles. The molecule has 0 aromatic carbocycles. The van der Waals surface area contributed by atoms with Gasteiger partial charge in [0.05, 0.1) is 0 Å². The Bertz CT molecular complexity index is 294. The summed E-state index contributed by atoms with van der Waals surface area (Å²) in [5.41, 5.74) is 0. The Kier molecular flexibility index (Phi) is 6.63. The smallest absolute Gasteiger partial charge is 0.0360 e. The molecule has 0 spiro atoms. The van der Waals surface area contributed by atoms with Crippen LogP contribution in [0.3, 0.4) is 0 Å². The summed E-state index contributed by atoms with van der Waals surface area (Å²) in [6.07, 6.45) is 13.4. The fourth-order valence-corrected chi connectivity index (χ4v) is 5.46. The normalized spacial score (nSPS) is 43.3. The quantitative estimate of drug-likeness (QED) is 0.526. The Balaban J connectivity index is 1.82. The summed E-state index contributed by atoms with van der Waals surface area (Å²) in [7, 11) is 0. The lowest BCUT2D eigenvalue weighted by molar-refractivity contribution is 0.130. The van der Waals surface area contributed by atoms with E-state index in [1.807, 2.05) is 0 Å². The molecule has 0 amide bonds. The molecular formula is C21H40. The first-order valence-corrected chi connectivity index (χ1v) is 9.97. The van der Waals surface area contributed by atoms with E-state index in [2.05, 4.69) is 34.6 Å². The molecule has 7 unspecified atom stereocenters. The van der Waals surface area contributed by atoms with Crippen LogP contribution in [0.25, 0.3) is 0 Å². The molecule has 0 heterocycles. The van der Waals surface area contributed by atoms with Gasteiger partial charge < -0.3 is 0 Å². The zero-order valence-electron chi connectivity index (χ0n) is 15.4. The molecule has 0 aromatic rings. The highest BCUT2D eigenvalue weighted by atomic mass is 14.4. The molecule has 2 aliphatic rings. The van der Waals surface area contributed by atoms with Crippen molar-refractivity contribution < 1.29 is 0 Å². The monoisotopic (exact) mass is 292 g/mol. The molecule has 2 fully saturated rings. The lowest BCUT2D eigenvalue weighted by Crippen LogP contribution is -2.28. The zero-order valence-corrected chi connectivity index (χ0v) is 15.4. The molecule has 0 nitrogen and oxygen atoms in total. The fourth-order valence-electron chi connectivity index (χ4n) is 5.46. The van der Waals surface area contributed by atoms with Crippen LogP contribution in [0.1, 0.15) is 92.4 Å². The highest BCUT2D eigenvalue weighted by Gasteiger charge is 2.30. The van der Waals surface area contributed by atoms with Gasteiger partial charge in [0, 0.05) is 0 Å². The molecule has 124 valence electrons. The maximum atomic E-state index is 2.57. The van der Waals surface area contributed by atoms with E-state index in [9.17, 15) is 0 Å². The Labute approximate surface area is 134 Å². The molecule has 0 saturated heterocycles. The van der Waals surface area contributed by atoms with Crippen molar-refractivity contribution in [2.45, 2.75) is 92.4 Å². The third kappa shape index (κ3) is 5.00. The summed E-state index contributed by atoms with van der Waals surface area (Å²) in [6, 6.07) is 0. The van der Waals surface area contributed by atoms with Crippen LogP contribution in [0.4, 0.5) is 0 Å². The van der Waals surface area contributed by atoms with Gasteiger partial charge in [-0.1, -0.05) is 73.1 Å². The van der Waals surface area contributed by atoms with Crippen molar-refractivity contribution in [3.05, 3.63) is 0 Å². The second-order valence-electron chi connectivity index (χ2n) is 9.11. The Hall–Kier alpha value is 0. The van der Waals surface area contributed by atoms with Crippen LogP contribution in [0, 0.1) is 41.4 Å². The van der Waals surface area contributed by atoms with Gasteiger partial charge in [-0.2, -0.15) is 0 Å². The van der Waals surface area contributed by atoms with Gasteiger partial charge in [0.25, 0.3) is 0 Å². The molecule has 0 radical (unpaired) electrons. The largest absolute Gasteiger partial charge is 0.0625 e. The zero-order chi connectivity index (χ0) is 15.4. The lowest BCUT2D eigenvalue weighted by atomic mass is 9.68. The highest BCUT2D eigenvalue weighted by molar-refractivity contribution is 4.81. The van der Waals surface area contributed by atoms with Gasteiger partial charge >= 0.3 is 0 Å². The van der Waals surface area contributed by atoms with Crippen LogP contribution in [0.2, 0.25) is 0 Å². The molecule has 2 aliphatic carbocycles. The summed E-state index contributed by atoms with van der Waals surface area (Å²) in [5, 5.41) is 0. The van der Waals surface area contributed by atoms with Crippen molar-refractivity contribution in [2.75, 3.05) is 0 Å². The van der Waals surface area contributed by atoms with E-state index in [1.165, 1.54) is 57.8 Å². The second-order valence-corrected chi connectivity index (χ2v) is 9.11. The first kappa shape index (κ1) is 17.4. The van der Waals surface area contributed by atoms with Gasteiger partial charge in [0.1, 0.15) is 0 Å². The van der Waals surface area contributed by atoms with E-state index >= 15 is 0 Å². The standard InChI is InChI=1S/C21H40/c1-15-7-6-8-21(19(5)18(4)13-15)17(3)10-12-20-11-9-16(2)14-20/h15-21H,6-14H2,1-5H3. The van der Waals surface area contributed by atoms with Gasteiger partial charge in [0.2, 0.25) is 0 Å². The molecule has 0 aromatic heterocycles. The summed E-state index contributed by atoms with van der Waals surface area (Å²) >= 11 is 0. The number of hydrogen-bond donors (Lipinski definition) is 0. The number of hydrogen-bond acceptors (Lipinski definition) is 0. The SMILES string of the molecule is CC1CCC(CCC(C)C2CCCC(C)CC(C)C2C)C1. The van der Waals surface area contributed by atoms with Crippen LogP contribution in [0.15, 0.2) is 0 Å². The van der Waals surface area contributed by atoms with E-state index in [4.69, 9.17) is 0 Å². The topological polar surface area (TPSA) is 0 Å². The molecule has 21 heavy (non-hydrogen) atoms. The third-order valence-electron chi connectivity index (χ3n) is 7.15. The molecule has 0 N–H and O–H groups in total. The van der Waals surface area contributed by atoms with Gasteiger partial charge in [-0.15, -0.1) is 0 Å². The summed E-state index contributed by atoms with van der Waals surface area (Å²) in [5.74, 6) is 6.83. The molecule has 7 atom stereocenters. The first-order valence-electron chi connectivity index (χ1n) is 9.97. The Morgan fingerprint density at radius 1 is 0.857 bits per heavy atom. The lowest BCUT2D eigenvalue weighted by Gasteiger charge is -2.37. The molecule has 0 aliphatic heterocycles. The first-order chi connectivity index (χ1) is 9.97. The van der Waals surface area contributed by atoms with E-state index < -0.39 is 0 Å². The van der Waals surface area contributed by atoms with Crippen molar-refractivity contribution in [1.82, 2.24) is 0 Å². The number of rotatable bonds is 4. The fraction of sp³-hybridized carbons (Fsp3) is 1.00. The third-order valence-corrected chi connectivity index (χ3v) is 7.15. The summed E-state index contributed by atoms with van der Waals surface area (Å²) < 4.78 is 0.